The summed E-state index contributed by atoms with van der Waals surface area (Å²) in [6, 6.07) is 1.67. The van der Waals surface area contributed by atoms with Crippen molar-refractivity contribution in [1.29, 1.82) is 0 Å². The van der Waals surface area contributed by atoms with Crippen molar-refractivity contribution in [3.63, 3.8) is 0 Å². The minimum atomic E-state index is -0.438. The average molecular weight is 395 g/mol. The first-order valence-electron chi connectivity index (χ1n) is 9.35. The van der Waals surface area contributed by atoms with Crippen LogP contribution in [0.3, 0.4) is 0 Å². The van der Waals surface area contributed by atoms with Crippen molar-refractivity contribution in [3.05, 3.63) is 22.8 Å². The van der Waals surface area contributed by atoms with Crippen molar-refractivity contribution in [2.45, 2.75) is 32.6 Å². The molecule has 0 bridgehead atoms. The number of likely N-dealkylation sites (tertiary alicyclic amines) is 1. The first-order valence-corrected chi connectivity index (χ1v) is 9.35. The third kappa shape index (κ3) is 5.14. The predicted molar refractivity (Wildman–Crippen MR) is 102 cm³/mol. The minimum absolute atomic E-state index is 0.0346. The molecule has 1 aromatic carbocycles. The van der Waals surface area contributed by atoms with E-state index in [9.17, 15) is 9.59 Å². The summed E-state index contributed by atoms with van der Waals surface area (Å²) < 4.78 is 26.3. The molecule has 1 fully saturated rings. The van der Waals surface area contributed by atoms with Crippen LogP contribution in [0.5, 0.6) is 11.5 Å². The number of amides is 1. The molecule has 0 radical (unpaired) electrons. The summed E-state index contributed by atoms with van der Waals surface area (Å²) in [5.41, 5.74) is 1.69. The summed E-state index contributed by atoms with van der Waals surface area (Å²) in [7, 11) is 4.35. The number of hydrogen-bond donors (Lipinski definition) is 0. The molecule has 8 heteroatoms. The Kier molecular flexibility index (Phi) is 8.53. The molecule has 1 heterocycles. The normalized spacial score (nSPS) is 13.5. The van der Waals surface area contributed by atoms with Crippen LogP contribution in [0.25, 0.3) is 0 Å². The Morgan fingerprint density at radius 1 is 0.964 bits per heavy atom. The predicted octanol–water partition coefficient (Wildman–Crippen LogP) is 2.17. The summed E-state index contributed by atoms with van der Waals surface area (Å²) in [5.74, 6) is 0.232. The highest BCUT2D eigenvalue weighted by atomic mass is 16.7. The van der Waals surface area contributed by atoms with E-state index in [0.29, 0.717) is 42.1 Å². The van der Waals surface area contributed by atoms with Crippen LogP contribution in [0.2, 0.25) is 0 Å². The molecule has 1 aromatic rings. The van der Waals surface area contributed by atoms with Crippen molar-refractivity contribution in [1.82, 2.24) is 4.90 Å². The van der Waals surface area contributed by atoms with E-state index in [1.807, 2.05) is 6.92 Å². The summed E-state index contributed by atoms with van der Waals surface area (Å²) >= 11 is 0. The molecule has 0 saturated carbocycles. The van der Waals surface area contributed by atoms with Crippen molar-refractivity contribution in [2.24, 2.45) is 0 Å². The SMILES string of the molecule is CCc1c(OCOC)cc(OCOC)c(C(=O)N2CCCC2)c1CC(=O)OC. The van der Waals surface area contributed by atoms with Gasteiger partial charge in [0, 0.05) is 33.4 Å². The largest absolute Gasteiger partial charge is 0.469 e. The van der Waals surface area contributed by atoms with Gasteiger partial charge in [-0.2, -0.15) is 0 Å². The number of rotatable bonds is 10. The van der Waals surface area contributed by atoms with E-state index in [-0.39, 0.29) is 25.9 Å². The molecule has 0 aromatic heterocycles. The average Bonchev–Trinajstić information content (AvgIpc) is 3.24. The highest BCUT2D eigenvalue weighted by Gasteiger charge is 2.30. The third-order valence-electron chi connectivity index (χ3n) is 4.65. The lowest BCUT2D eigenvalue weighted by molar-refractivity contribution is -0.139. The molecule has 1 saturated heterocycles. The van der Waals surface area contributed by atoms with Gasteiger partial charge in [-0.1, -0.05) is 6.92 Å². The highest BCUT2D eigenvalue weighted by Crippen LogP contribution is 2.36. The second kappa shape index (κ2) is 10.9. The number of benzene rings is 1. The van der Waals surface area contributed by atoms with E-state index in [0.717, 1.165) is 18.4 Å². The molecular weight excluding hydrogens is 366 g/mol. The van der Waals surface area contributed by atoms with Gasteiger partial charge in [-0.25, -0.2) is 0 Å². The maximum atomic E-state index is 13.3. The zero-order chi connectivity index (χ0) is 20.5. The van der Waals surface area contributed by atoms with E-state index >= 15 is 0 Å². The third-order valence-corrected chi connectivity index (χ3v) is 4.65. The Balaban J connectivity index is 2.63. The molecule has 0 unspecified atom stereocenters. The second-order valence-electron chi connectivity index (χ2n) is 6.41. The van der Waals surface area contributed by atoms with Gasteiger partial charge in [0.1, 0.15) is 11.5 Å². The van der Waals surface area contributed by atoms with Crippen LogP contribution in [0.1, 0.15) is 41.3 Å². The van der Waals surface area contributed by atoms with E-state index in [1.54, 1.807) is 11.0 Å². The number of carbonyl (C=O) groups is 2. The number of carbonyl (C=O) groups excluding carboxylic acids is 2. The van der Waals surface area contributed by atoms with Gasteiger partial charge in [0.2, 0.25) is 0 Å². The van der Waals surface area contributed by atoms with Crippen molar-refractivity contribution in [3.8, 4) is 11.5 Å². The summed E-state index contributed by atoms with van der Waals surface area (Å²) in [6.07, 6.45) is 2.43. The van der Waals surface area contributed by atoms with Crippen LogP contribution in [0.15, 0.2) is 6.07 Å². The van der Waals surface area contributed by atoms with Gasteiger partial charge in [-0.15, -0.1) is 0 Å². The Morgan fingerprint density at radius 3 is 2.11 bits per heavy atom. The zero-order valence-electron chi connectivity index (χ0n) is 17.0. The molecule has 28 heavy (non-hydrogen) atoms. The van der Waals surface area contributed by atoms with Crippen LogP contribution < -0.4 is 9.47 Å². The molecule has 8 nitrogen and oxygen atoms in total. The van der Waals surface area contributed by atoms with Crippen LogP contribution in [-0.4, -0.2) is 64.8 Å². The molecule has 0 N–H and O–H groups in total. The molecule has 1 aliphatic heterocycles. The first-order chi connectivity index (χ1) is 13.6. The van der Waals surface area contributed by atoms with Gasteiger partial charge >= 0.3 is 5.97 Å². The summed E-state index contributed by atoms with van der Waals surface area (Å²) in [6.45, 7) is 3.31. The summed E-state index contributed by atoms with van der Waals surface area (Å²) in [5, 5.41) is 0. The van der Waals surface area contributed by atoms with Crippen molar-refractivity contribution < 1.29 is 33.3 Å². The lowest BCUT2D eigenvalue weighted by Crippen LogP contribution is -2.30. The van der Waals surface area contributed by atoms with Gasteiger partial charge in [0.25, 0.3) is 5.91 Å². The van der Waals surface area contributed by atoms with E-state index in [4.69, 9.17) is 23.7 Å². The Morgan fingerprint density at radius 2 is 1.57 bits per heavy atom. The van der Waals surface area contributed by atoms with E-state index in [1.165, 1.54) is 21.3 Å². The number of methoxy groups -OCH3 is 3. The smallest absolute Gasteiger partial charge is 0.310 e. The van der Waals surface area contributed by atoms with Gasteiger partial charge in [-0.05, 0) is 30.4 Å². The number of esters is 1. The maximum absolute atomic E-state index is 13.3. The summed E-state index contributed by atoms with van der Waals surface area (Å²) in [4.78, 5) is 27.2. The molecule has 0 atom stereocenters. The van der Waals surface area contributed by atoms with Gasteiger partial charge in [-0.3, -0.25) is 9.59 Å². The Labute approximate surface area is 165 Å². The standard InChI is InChI=1S/C20H29NO7/c1-5-14-15(10-18(22)26-4)19(20(23)21-8-6-7-9-21)17(28-13-25-3)11-16(14)27-12-24-2/h11H,5-10,12-13H2,1-4H3. The van der Waals surface area contributed by atoms with E-state index in [2.05, 4.69) is 0 Å². The van der Waals surface area contributed by atoms with Crippen molar-refractivity contribution in [2.75, 3.05) is 48.0 Å². The Bertz CT molecular complexity index is 684. The highest BCUT2D eigenvalue weighted by molar-refractivity contribution is 6.00. The molecule has 156 valence electrons. The minimum Gasteiger partial charge on any atom is -0.469 e. The fourth-order valence-corrected chi connectivity index (χ4v) is 3.33. The van der Waals surface area contributed by atoms with E-state index < -0.39 is 5.97 Å². The van der Waals surface area contributed by atoms with Crippen LogP contribution in [-0.2, 0) is 31.8 Å². The molecule has 2 rings (SSSR count). The molecular formula is C20H29NO7. The number of ether oxygens (including phenoxy) is 5. The van der Waals surface area contributed by atoms with Gasteiger partial charge in [0.15, 0.2) is 13.6 Å². The number of nitrogens with zero attached hydrogens (tertiary/aromatic N) is 1. The van der Waals surface area contributed by atoms with Crippen molar-refractivity contribution >= 4 is 11.9 Å². The second-order valence-corrected chi connectivity index (χ2v) is 6.41. The zero-order valence-corrected chi connectivity index (χ0v) is 17.0. The maximum Gasteiger partial charge on any atom is 0.310 e. The molecule has 0 aliphatic carbocycles. The first kappa shape index (κ1) is 22.0. The van der Waals surface area contributed by atoms with Crippen LogP contribution in [0.4, 0.5) is 0 Å². The van der Waals surface area contributed by atoms with Crippen LogP contribution in [0, 0.1) is 0 Å². The Hall–Kier alpha value is -2.32. The molecule has 1 aliphatic rings. The quantitative estimate of drug-likeness (QED) is 0.443. The fraction of sp³-hybridized carbons (Fsp3) is 0.600. The molecule has 1 amide bonds. The topological polar surface area (TPSA) is 83.5 Å². The lowest BCUT2D eigenvalue weighted by atomic mass is 9.93. The fourth-order valence-electron chi connectivity index (χ4n) is 3.33. The van der Waals surface area contributed by atoms with Crippen LogP contribution >= 0.6 is 0 Å². The van der Waals surface area contributed by atoms with Gasteiger partial charge < -0.3 is 28.6 Å². The molecule has 0 spiro atoms. The van der Waals surface area contributed by atoms with Gasteiger partial charge in [0.05, 0.1) is 19.1 Å². The monoisotopic (exact) mass is 395 g/mol. The lowest BCUT2D eigenvalue weighted by Gasteiger charge is -2.24. The number of hydrogen-bond acceptors (Lipinski definition) is 7.